The molecule has 1 heterocycles. The highest BCUT2D eigenvalue weighted by atomic mass is 35.5. The average molecular weight is 445 g/mol. The number of halogens is 2. The van der Waals surface area contributed by atoms with Gasteiger partial charge < -0.3 is 14.7 Å². The van der Waals surface area contributed by atoms with E-state index in [2.05, 4.69) is 9.62 Å². The van der Waals surface area contributed by atoms with Gasteiger partial charge in [-0.15, -0.1) is 0 Å². The number of aryl methyl sites for hydroxylation is 2. The smallest absolute Gasteiger partial charge is 0.265 e. The van der Waals surface area contributed by atoms with Gasteiger partial charge in [-0.25, -0.2) is 8.42 Å². The number of hydrogen-bond donors (Lipinski definition) is 2. The van der Waals surface area contributed by atoms with Crippen molar-refractivity contribution in [2.75, 3.05) is 35.9 Å². The molecule has 3 rings (SSSR count). The summed E-state index contributed by atoms with van der Waals surface area (Å²) >= 11 is 11.8. The van der Waals surface area contributed by atoms with E-state index in [1.54, 1.807) is 0 Å². The van der Waals surface area contributed by atoms with Gasteiger partial charge in [0.1, 0.15) is 4.90 Å². The first-order valence-electron chi connectivity index (χ1n) is 8.76. The highest BCUT2D eigenvalue weighted by molar-refractivity contribution is 7.92. The van der Waals surface area contributed by atoms with Crippen molar-refractivity contribution in [3.63, 3.8) is 0 Å². The van der Waals surface area contributed by atoms with E-state index in [1.807, 2.05) is 26.8 Å². The molecule has 0 aromatic heterocycles. The highest BCUT2D eigenvalue weighted by Crippen LogP contribution is 2.38. The number of nitrogens with zero attached hydrogens (tertiary/aromatic N) is 1. The van der Waals surface area contributed by atoms with Gasteiger partial charge in [0.2, 0.25) is 0 Å². The molecule has 2 aromatic carbocycles. The lowest BCUT2D eigenvalue weighted by Gasteiger charge is -2.32. The molecule has 1 aliphatic rings. The number of aromatic hydroxyl groups is 1. The molecule has 0 saturated carbocycles. The minimum absolute atomic E-state index is 0.120. The van der Waals surface area contributed by atoms with Crippen molar-refractivity contribution in [2.24, 2.45) is 0 Å². The second-order valence-electron chi connectivity index (χ2n) is 6.80. The summed E-state index contributed by atoms with van der Waals surface area (Å²) in [6, 6.07) is 4.41. The summed E-state index contributed by atoms with van der Waals surface area (Å²) in [5.41, 5.74) is 4.12. The van der Waals surface area contributed by atoms with E-state index in [9.17, 15) is 13.5 Å². The van der Waals surface area contributed by atoms with E-state index in [0.717, 1.165) is 35.5 Å². The molecule has 2 aromatic rings. The lowest BCUT2D eigenvalue weighted by atomic mass is 10.0. The summed E-state index contributed by atoms with van der Waals surface area (Å²) in [5, 5.41) is 10.1. The van der Waals surface area contributed by atoms with Gasteiger partial charge in [-0.2, -0.15) is 0 Å². The van der Waals surface area contributed by atoms with Crippen molar-refractivity contribution in [1.82, 2.24) is 0 Å². The Balaban J connectivity index is 2.07. The number of hydrogen-bond acceptors (Lipinski definition) is 5. The fourth-order valence-corrected chi connectivity index (χ4v) is 5.50. The van der Waals surface area contributed by atoms with Crippen LogP contribution < -0.4 is 9.62 Å². The number of phenolic OH excluding ortho intramolecular Hbond substituents is 1. The van der Waals surface area contributed by atoms with Crippen LogP contribution in [0.5, 0.6) is 5.75 Å². The predicted octanol–water partition coefficient (Wildman–Crippen LogP) is 4.26. The predicted molar refractivity (Wildman–Crippen MR) is 113 cm³/mol. The standard InChI is InChI=1S/C19H22Cl2N2O4S/c1-11-8-12(2)18(23-4-6-27-7-5-23)13(3)17(11)22-28(25,26)16-10-14(20)9-15(21)19(16)24/h8-10,22,24H,4-7H2,1-3H3. The average Bonchev–Trinajstić information content (AvgIpc) is 2.62. The molecule has 9 heteroatoms. The van der Waals surface area contributed by atoms with Gasteiger partial charge in [0, 0.05) is 23.8 Å². The Morgan fingerprint density at radius 1 is 1.07 bits per heavy atom. The molecule has 152 valence electrons. The molecule has 1 fully saturated rings. The highest BCUT2D eigenvalue weighted by Gasteiger charge is 2.25. The van der Waals surface area contributed by atoms with Gasteiger partial charge >= 0.3 is 0 Å². The first kappa shape index (κ1) is 21.0. The minimum Gasteiger partial charge on any atom is -0.505 e. The zero-order valence-corrected chi connectivity index (χ0v) is 18.2. The van der Waals surface area contributed by atoms with Gasteiger partial charge in [-0.3, -0.25) is 4.72 Å². The third kappa shape index (κ3) is 4.03. The fraction of sp³-hybridized carbons (Fsp3) is 0.368. The second-order valence-corrected chi connectivity index (χ2v) is 9.29. The number of benzene rings is 2. The maximum atomic E-state index is 13.0. The van der Waals surface area contributed by atoms with E-state index in [0.29, 0.717) is 18.9 Å². The number of sulfonamides is 1. The fourth-order valence-electron chi connectivity index (χ4n) is 3.54. The normalized spacial score (nSPS) is 15.0. The summed E-state index contributed by atoms with van der Waals surface area (Å²) in [5.74, 6) is -0.533. The van der Waals surface area contributed by atoms with Gasteiger partial charge in [0.15, 0.2) is 5.75 Å². The van der Waals surface area contributed by atoms with Crippen molar-refractivity contribution in [3.8, 4) is 5.75 Å². The van der Waals surface area contributed by atoms with Crippen LogP contribution in [0.15, 0.2) is 23.1 Å². The van der Waals surface area contributed by atoms with Gasteiger partial charge in [-0.05, 0) is 49.6 Å². The first-order valence-corrected chi connectivity index (χ1v) is 11.0. The van der Waals surface area contributed by atoms with Crippen LogP contribution in [0.25, 0.3) is 0 Å². The van der Waals surface area contributed by atoms with Gasteiger partial charge in [0.25, 0.3) is 10.0 Å². The Bertz CT molecular complexity index is 1020. The largest absolute Gasteiger partial charge is 0.505 e. The van der Waals surface area contributed by atoms with Crippen molar-refractivity contribution < 1.29 is 18.3 Å². The number of phenols is 1. The molecule has 2 N–H and O–H groups in total. The second kappa shape index (κ2) is 7.99. The molecular formula is C19H22Cl2N2O4S. The van der Waals surface area contributed by atoms with Crippen molar-refractivity contribution in [3.05, 3.63) is 44.9 Å². The molecule has 1 aliphatic heterocycles. The third-order valence-corrected chi connectivity index (χ3v) is 6.65. The molecule has 0 spiro atoms. The van der Waals surface area contributed by atoms with Crippen LogP contribution in [0.4, 0.5) is 11.4 Å². The molecule has 0 aliphatic carbocycles. The molecule has 0 amide bonds. The molecule has 0 atom stereocenters. The van der Waals surface area contributed by atoms with E-state index in [1.165, 1.54) is 12.1 Å². The molecule has 0 unspecified atom stereocenters. The van der Waals surface area contributed by atoms with Gasteiger partial charge in [0.05, 0.1) is 23.9 Å². The monoisotopic (exact) mass is 444 g/mol. The Morgan fingerprint density at radius 3 is 2.36 bits per heavy atom. The van der Waals surface area contributed by atoms with Crippen LogP contribution in [-0.2, 0) is 14.8 Å². The minimum atomic E-state index is -4.11. The molecular weight excluding hydrogens is 423 g/mol. The SMILES string of the molecule is Cc1cc(C)c(N2CCOCC2)c(C)c1NS(=O)(=O)c1cc(Cl)cc(Cl)c1O. The van der Waals surface area contributed by atoms with Gasteiger partial charge in [-0.1, -0.05) is 29.3 Å². The van der Waals surface area contributed by atoms with Crippen LogP contribution in [-0.4, -0.2) is 39.8 Å². The van der Waals surface area contributed by atoms with Crippen molar-refractivity contribution in [1.29, 1.82) is 0 Å². The van der Waals surface area contributed by atoms with Crippen LogP contribution in [0, 0.1) is 20.8 Å². The number of nitrogens with one attached hydrogen (secondary N) is 1. The lowest BCUT2D eigenvalue weighted by molar-refractivity contribution is 0.122. The summed E-state index contributed by atoms with van der Waals surface area (Å²) in [4.78, 5) is 1.83. The Morgan fingerprint density at radius 2 is 1.71 bits per heavy atom. The number of rotatable bonds is 4. The topological polar surface area (TPSA) is 78.9 Å². The number of morpholine rings is 1. The maximum Gasteiger partial charge on any atom is 0.265 e. The van der Waals surface area contributed by atoms with E-state index in [4.69, 9.17) is 27.9 Å². The zero-order chi connectivity index (χ0) is 20.6. The molecule has 28 heavy (non-hydrogen) atoms. The number of ether oxygens (including phenoxy) is 1. The van der Waals surface area contributed by atoms with E-state index < -0.39 is 15.8 Å². The Labute approximate surface area is 175 Å². The van der Waals surface area contributed by atoms with E-state index >= 15 is 0 Å². The van der Waals surface area contributed by atoms with Crippen LogP contribution in [0.1, 0.15) is 16.7 Å². The van der Waals surface area contributed by atoms with E-state index in [-0.39, 0.29) is 14.9 Å². The molecule has 6 nitrogen and oxygen atoms in total. The summed E-state index contributed by atoms with van der Waals surface area (Å²) in [7, 11) is -4.11. The van der Waals surface area contributed by atoms with Crippen LogP contribution in [0.2, 0.25) is 10.0 Å². The molecule has 0 bridgehead atoms. The van der Waals surface area contributed by atoms with Crippen LogP contribution in [0.3, 0.4) is 0 Å². The van der Waals surface area contributed by atoms with Crippen molar-refractivity contribution in [2.45, 2.75) is 25.7 Å². The zero-order valence-electron chi connectivity index (χ0n) is 15.8. The Hall–Kier alpha value is -1.67. The summed E-state index contributed by atoms with van der Waals surface area (Å²) in [6.45, 7) is 8.46. The third-order valence-electron chi connectivity index (χ3n) is 4.78. The summed E-state index contributed by atoms with van der Waals surface area (Å²) in [6.07, 6.45) is 0. The lowest BCUT2D eigenvalue weighted by Crippen LogP contribution is -2.37. The molecule has 0 radical (unpaired) electrons. The first-order chi connectivity index (χ1) is 13.1. The number of anilines is 2. The van der Waals surface area contributed by atoms with Crippen molar-refractivity contribution >= 4 is 44.6 Å². The summed E-state index contributed by atoms with van der Waals surface area (Å²) < 4.78 is 34.0. The molecule has 1 saturated heterocycles. The maximum absolute atomic E-state index is 13.0. The van der Waals surface area contributed by atoms with Crippen LogP contribution >= 0.6 is 23.2 Å². The quantitative estimate of drug-likeness (QED) is 0.735. The Kier molecular flexibility index (Phi) is 6.00.